The molecule has 0 atom stereocenters. The van der Waals surface area contributed by atoms with Crippen molar-refractivity contribution in [3.63, 3.8) is 0 Å². The summed E-state index contributed by atoms with van der Waals surface area (Å²) in [5.74, 6) is -0.156. The Balaban J connectivity index is 1.52. The summed E-state index contributed by atoms with van der Waals surface area (Å²) in [6.45, 7) is 7.24. The zero-order chi connectivity index (χ0) is 37.0. The summed E-state index contributed by atoms with van der Waals surface area (Å²) in [5, 5.41) is 6.85. The van der Waals surface area contributed by atoms with Gasteiger partial charge in [-0.3, -0.25) is 0 Å². The van der Waals surface area contributed by atoms with E-state index in [4.69, 9.17) is 9.47 Å². The van der Waals surface area contributed by atoms with Gasteiger partial charge >= 0.3 is 11.9 Å². The first-order chi connectivity index (χ1) is 26.5. The van der Waals surface area contributed by atoms with E-state index in [0.29, 0.717) is 11.5 Å². The quantitative estimate of drug-likeness (QED) is 0.0569. The predicted molar refractivity (Wildman–Crippen MR) is 232 cm³/mol. The highest BCUT2D eigenvalue weighted by Crippen LogP contribution is 2.51. The van der Waals surface area contributed by atoms with Gasteiger partial charge in [-0.1, -0.05) is 134 Å². The van der Waals surface area contributed by atoms with E-state index in [2.05, 4.69) is 134 Å². The topological polar surface area (TPSA) is 52.6 Å². The van der Waals surface area contributed by atoms with Crippen molar-refractivity contribution in [1.29, 1.82) is 0 Å². The van der Waals surface area contributed by atoms with Crippen molar-refractivity contribution in [3.8, 4) is 22.6 Å². The molecule has 2 aromatic heterocycles. The van der Waals surface area contributed by atoms with E-state index in [1.165, 1.54) is 42.6 Å². The number of hydrogen-bond donors (Lipinski definition) is 0. The normalized spacial score (nSPS) is 11.2. The monoisotopic (exact) mass is 774 g/mol. The molecule has 0 aliphatic heterocycles. The molecular formula is C46H32O4P2S2. The molecular weight excluding hydrogens is 743 g/mol. The van der Waals surface area contributed by atoms with Crippen LogP contribution in [0.5, 0.6) is 11.5 Å². The fourth-order valence-electron chi connectivity index (χ4n) is 6.44. The fraction of sp³-hybridized carbons (Fsp3) is 0. The number of thiophene rings is 2. The summed E-state index contributed by atoms with van der Waals surface area (Å²) in [6, 6.07) is 54.5. The van der Waals surface area contributed by atoms with Gasteiger partial charge in [0, 0.05) is 52.7 Å². The molecule has 0 unspecified atom stereocenters. The summed E-state index contributed by atoms with van der Waals surface area (Å²) >= 11 is 3.55. The lowest BCUT2D eigenvalue weighted by molar-refractivity contribution is -0.129. The first kappa shape index (κ1) is 35.5. The van der Waals surface area contributed by atoms with Gasteiger partial charge in [0.1, 0.15) is 11.5 Å². The molecule has 0 N–H and O–H groups in total. The molecule has 4 nitrogen and oxygen atoms in total. The molecule has 2 heterocycles. The largest absolute Gasteiger partial charge is 0.423 e. The maximum absolute atomic E-state index is 12.5. The standard InChI is InChI=1S/C46H32O4P2S2/c1-3-41(47)49-31-25-27-39-37(29-31)43(45(53-39)51(33-17-9-5-10-18-33)34-19-11-6-12-20-34)44-38-30-32(50-42(48)4-2)26-28-40(38)54-46(44)52(35-21-13-7-14-22-35)36-23-15-8-16-24-36/h3-30H,1-2H2. The fourth-order valence-corrected chi connectivity index (χ4v) is 15.2. The molecule has 0 radical (unpaired) electrons. The lowest BCUT2D eigenvalue weighted by atomic mass is 10.0. The number of carbonyl (C=O) groups is 2. The van der Waals surface area contributed by atoms with E-state index in [1.54, 1.807) is 22.7 Å². The van der Waals surface area contributed by atoms with Crippen LogP contribution >= 0.6 is 38.5 Å². The molecule has 8 aromatic rings. The first-order valence-electron chi connectivity index (χ1n) is 17.1. The Hall–Kier alpha value is -5.48. The third-order valence-electron chi connectivity index (χ3n) is 8.77. The molecule has 0 bridgehead atoms. The zero-order valence-electron chi connectivity index (χ0n) is 28.9. The number of hydrogen-bond acceptors (Lipinski definition) is 6. The van der Waals surface area contributed by atoms with Gasteiger partial charge in [-0.05, 0) is 73.5 Å². The maximum Gasteiger partial charge on any atom is 0.335 e. The van der Waals surface area contributed by atoms with Crippen LogP contribution in [0.25, 0.3) is 31.3 Å². The minimum atomic E-state index is -1.06. The van der Waals surface area contributed by atoms with Crippen LogP contribution in [0.2, 0.25) is 0 Å². The molecule has 0 saturated carbocycles. The summed E-state index contributed by atoms with van der Waals surface area (Å²) in [7, 11) is -2.12. The van der Waals surface area contributed by atoms with Gasteiger partial charge in [0.2, 0.25) is 0 Å². The van der Waals surface area contributed by atoms with Gasteiger partial charge in [-0.2, -0.15) is 0 Å². The van der Waals surface area contributed by atoms with Crippen LogP contribution in [0, 0.1) is 0 Å². The second-order valence-electron chi connectivity index (χ2n) is 12.1. The number of benzene rings is 6. The Labute approximate surface area is 324 Å². The summed E-state index contributed by atoms with van der Waals surface area (Å²) in [4.78, 5) is 25.0. The van der Waals surface area contributed by atoms with Crippen molar-refractivity contribution in [3.05, 3.63) is 183 Å². The van der Waals surface area contributed by atoms with Crippen LogP contribution in [0.4, 0.5) is 0 Å². The Bertz CT molecular complexity index is 2370. The third-order valence-corrected chi connectivity index (χ3v) is 16.9. The van der Waals surface area contributed by atoms with Crippen LogP contribution in [-0.4, -0.2) is 11.9 Å². The minimum Gasteiger partial charge on any atom is -0.423 e. The zero-order valence-corrected chi connectivity index (χ0v) is 32.3. The highest BCUT2D eigenvalue weighted by atomic mass is 32.1. The first-order valence-corrected chi connectivity index (χ1v) is 21.5. The smallest absolute Gasteiger partial charge is 0.335 e. The van der Waals surface area contributed by atoms with Crippen molar-refractivity contribution < 1.29 is 19.1 Å². The molecule has 8 rings (SSSR count). The van der Waals surface area contributed by atoms with Crippen LogP contribution in [-0.2, 0) is 9.59 Å². The van der Waals surface area contributed by atoms with Gasteiger partial charge in [-0.15, -0.1) is 22.7 Å². The number of ether oxygens (including phenoxy) is 2. The average Bonchev–Trinajstić information content (AvgIpc) is 3.76. The summed E-state index contributed by atoms with van der Waals surface area (Å²) in [5.41, 5.74) is 2.16. The van der Waals surface area contributed by atoms with Gasteiger partial charge in [-0.25, -0.2) is 9.59 Å². The third kappa shape index (κ3) is 7.10. The maximum atomic E-state index is 12.5. The number of carbonyl (C=O) groups excluding carboxylic acids is 2. The van der Waals surface area contributed by atoms with Crippen LogP contribution < -0.4 is 39.9 Å². The summed E-state index contributed by atoms with van der Waals surface area (Å²) in [6.07, 6.45) is 2.36. The Morgan fingerprint density at radius 2 is 0.778 bits per heavy atom. The van der Waals surface area contributed by atoms with E-state index in [9.17, 15) is 9.59 Å². The predicted octanol–water partition coefficient (Wildman–Crippen LogP) is 9.48. The SMILES string of the molecule is C=CC(=O)Oc1ccc2sc(P(c3ccccc3)c3ccccc3)c(-c3c(P(c4ccccc4)c4ccccc4)sc4ccc(OC(=O)C=C)cc34)c2c1. The van der Waals surface area contributed by atoms with E-state index in [1.807, 2.05) is 36.4 Å². The number of rotatable bonds is 11. The molecule has 0 amide bonds. The van der Waals surface area contributed by atoms with Gasteiger partial charge in [0.25, 0.3) is 0 Å². The lowest BCUT2D eigenvalue weighted by Gasteiger charge is -2.22. The highest BCUT2D eigenvalue weighted by Gasteiger charge is 2.32. The van der Waals surface area contributed by atoms with Gasteiger partial charge in [0.05, 0.1) is 0 Å². The van der Waals surface area contributed by atoms with E-state index in [-0.39, 0.29) is 0 Å². The van der Waals surface area contributed by atoms with Crippen molar-refractivity contribution in [2.45, 2.75) is 0 Å². The van der Waals surface area contributed by atoms with E-state index >= 15 is 0 Å². The van der Waals surface area contributed by atoms with Crippen LogP contribution in [0.1, 0.15) is 0 Å². The van der Waals surface area contributed by atoms with Crippen molar-refractivity contribution in [1.82, 2.24) is 0 Å². The Morgan fingerprint density at radius 3 is 1.07 bits per heavy atom. The molecule has 262 valence electrons. The molecule has 0 spiro atoms. The summed E-state index contributed by atoms with van der Waals surface area (Å²) < 4.78 is 16.1. The van der Waals surface area contributed by atoms with E-state index in [0.717, 1.165) is 31.3 Å². The Morgan fingerprint density at radius 1 is 0.463 bits per heavy atom. The molecule has 0 aliphatic carbocycles. The number of esters is 2. The Kier molecular flexibility index (Phi) is 10.4. The van der Waals surface area contributed by atoms with Crippen molar-refractivity contribution in [2.75, 3.05) is 0 Å². The molecule has 0 fully saturated rings. The van der Waals surface area contributed by atoms with Gasteiger partial charge < -0.3 is 9.47 Å². The lowest BCUT2D eigenvalue weighted by Crippen LogP contribution is -2.22. The molecule has 0 aliphatic rings. The molecule has 6 aromatic carbocycles. The average molecular weight is 775 g/mol. The molecule has 54 heavy (non-hydrogen) atoms. The van der Waals surface area contributed by atoms with E-state index < -0.39 is 27.8 Å². The van der Waals surface area contributed by atoms with Crippen molar-refractivity contribution in [2.24, 2.45) is 0 Å². The number of fused-ring (bicyclic) bond motifs is 2. The van der Waals surface area contributed by atoms with Crippen molar-refractivity contribution >= 4 is 101 Å². The second kappa shape index (κ2) is 15.9. The molecule has 8 heteroatoms. The highest BCUT2D eigenvalue weighted by molar-refractivity contribution is 7.85. The molecule has 0 saturated heterocycles. The minimum absolute atomic E-state index is 0.442. The van der Waals surface area contributed by atoms with Gasteiger partial charge in [0.15, 0.2) is 0 Å². The second-order valence-corrected chi connectivity index (χ2v) is 19.2. The van der Waals surface area contributed by atoms with Crippen LogP contribution in [0.3, 0.4) is 0 Å². The van der Waals surface area contributed by atoms with Crippen LogP contribution in [0.15, 0.2) is 183 Å².